The number of hydrogen-bond acceptors (Lipinski definition) is 3. The highest BCUT2D eigenvalue weighted by Gasteiger charge is 2.12. The van der Waals surface area contributed by atoms with Gasteiger partial charge in [0.2, 0.25) is 0 Å². The molecule has 0 radical (unpaired) electrons. The fourth-order valence-electron chi connectivity index (χ4n) is 2.30. The molecular formula is C17H14N2O2. The topological polar surface area (TPSA) is 75.3 Å². The lowest BCUT2D eigenvalue weighted by atomic mass is 10.0. The molecule has 0 heterocycles. The van der Waals surface area contributed by atoms with Gasteiger partial charge >= 0.3 is 0 Å². The molecule has 0 bridgehead atoms. The average molecular weight is 278 g/mol. The number of hydrogen-bond donors (Lipinski definition) is 3. The summed E-state index contributed by atoms with van der Waals surface area (Å²) in [7, 11) is 0. The molecule has 3 rings (SSSR count). The first-order valence-electron chi connectivity index (χ1n) is 6.52. The second-order valence-corrected chi connectivity index (χ2v) is 4.79. The van der Waals surface area contributed by atoms with E-state index in [9.17, 15) is 9.90 Å². The van der Waals surface area contributed by atoms with Crippen molar-refractivity contribution >= 4 is 28.1 Å². The first kappa shape index (κ1) is 13.0. The molecule has 0 aromatic heterocycles. The van der Waals surface area contributed by atoms with Gasteiger partial charge in [0.25, 0.3) is 5.91 Å². The highest BCUT2D eigenvalue weighted by molar-refractivity contribution is 6.13. The molecule has 4 heteroatoms. The Labute approximate surface area is 121 Å². The van der Waals surface area contributed by atoms with Gasteiger partial charge in [-0.05, 0) is 41.1 Å². The van der Waals surface area contributed by atoms with E-state index in [2.05, 4.69) is 5.32 Å². The summed E-state index contributed by atoms with van der Waals surface area (Å²) in [5.41, 5.74) is 7.32. The van der Waals surface area contributed by atoms with Crippen LogP contribution in [0.3, 0.4) is 0 Å². The summed E-state index contributed by atoms with van der Waals surface area (Å²) in [5, 5.41) is 14.2. The molecule has 4 nitrogen and oxygen atoms in total. The number of nitrogens with two attached hydrogens (primary N) is 1. The van der Waals surface area contributed by atoms with Crippen molar-refractivity contribution in [3.63, 3.8) is 0 Å². The molecular weight excluding hydrogens is 264 g/mol. The van der Waals surface area contributed by atoms with Gasteiger partial charge in [-0.1, -0.05) is 30.3 Å². The van der Waals surface area contributed by atoms with E-state index >= 15 is 0 Å². The van der Waals surface area contributed by atoms with Crippen LogP contribution in [0, 0.1) is 0 Å². The van der Waals surface area contributed by atoms with E-state index in [-0.39, 0.29) is 11.7 Å². The maximum absolute atomic E-state index is 12.4. The monoisotopic (exact) mass is 278 g/mol. The van der Waals surface area contributed by atoms with Gasteiger partial charge in [0, 0.05) is 11.4 Å². The Bertz CT molecular complexity index is 828. The molecule has 0 spiro atoms. The van der Waals surface area contributed by atoms with Crippen LogP contribution in [-0.2, 0) is 0 Å². The Balaban J connectivity index is 2.02. The van der Waals surface area contributed by atoms with E-state index in [0.717, 1.165) is 10.8 Å². The number of phenols is 1. The van der Waals surface area contributed by atoms with Crippen LogP contribution in [0.4, 0.5) is 11.4 Å². The number of benzene rings is 3. The SMILES string of the molecule is Nc1cccc(NC(=O)c2cc(O)cc3ccccc23)c1. The molecule has 0 aliphatic carbocycles. The predicted molar refractivity (Wildman–Crippen MR) is 84.4 cm³/mol. The number of amides is 1. The van der Waals surface area contributed by atoms with Crippen molar-refractivity contribution < 1.29 is 9.90 Å². The summed E-state index contributed by atoms with van der Waals surface area (Å²) in [4.78, 5) is 12.4. The zero-order valence-electron chi connectivity index (χ0n) is 11.2. The van der Waals surface area contributed by atoms with E-state index in [1.54, 1.807) is 30.3 Å². The van der Waals surface area contributed by atoms with Crippen LogP contribution in [0.1, 0.15) is 10.4 Å². The minimum absolute atomic E-state index is 0.0615. The fourth-order valence-corrected chi connectivity index (χ4v) is 2.30. The minimum atomic E-state index is -0.285. The van der Waals surface area contributed by atoms with Crippen LogP contribution in [0.2, 0.25) is 0 Å². The molecule has 3 aromatic rings. The van der Waals surface area contributed by atoms with Crippen LogP contribution >= 0.6 is 0 Å². The molecule has 3 aromatic carbocycles. The summed E-state index contributed by atoms with van der Waals surface area (Å²) in [5.74, 6) is -0.223. The fraction of sp³-hybridized carbons (Fsp3) is 0. The van der Waals surface area contributed by atoms with Crippen molar-refractivity contribution in [2.24, 2.45) is 0 Å². The van der Waals surface area contributed by atoms with E-state index in [4.69, 9.17) is 5.73 Å². The highest BCUT2D eigenvalue weighted by Crippen LogP contribution is 2.25. The number of phenolic OH excluding ortho intramolecular Hbond substituents is 1. The molecule has 1 amide bonds. The normalized spacial score (nSPS) is 10.5. The van der Waals surface area contributed by atoms with Gasteiger partial charge < -0.3 is 16.2 Å². The maximum Gasteiger partial charge on any atom is 0.256 e. The minimum Gasteiger partial charge on any atom is -0.508 e. The number of nitrogen functional groups attached to an aromatic ring is 1. The van der Waals surface area contributed by atoms with E-state index in [0.29, 0.717) is 16.9 Å². The lowest BCUT2D eigenvalue weighted by molar-refractivity contribution is 0.102. The number of aromatic hydroxyl groups is 1. The third-order valence-corrected chi connectivity index (χ3v) is 3.24. The summed E-state index contributed by atoms with van der Waals surface area (Å²) in [6.45, 7) is 0. The molecule has 4 N–H and O–H groups in total. The Morgan fingerprint density at radius 1 is 1.00 bits per heavy atom. The molecule has 21 heavy (non-hydrogen) atoms. The number of rotatable bonds is 2. The van der Waals surface area contributed by atoms with Crippen molar-refractivity contribution in [1.29, 1.82) is 0 Å². The molecule has 104 valence electrons. The van der Waals surface area contributed by atoms with Crippen molar-refractivity contribution in [2.75, 3.05) is 11.1 Å². The van der Waals surface area contributed by atoms with Gasteiger partial charge in [0.05, 0.1) is 5.56 Å². The van der Waals surface area contributed by atoms with E-state index in [1.807, 2.05) is 24.3 Å². The lowest BCUT2D eigenvalue weighted by Crippen LogP contribution is -2.12. The van der Waals surface area contributed by atoms with Gasteiger partial charge in [-0.2, -0.15) is 0 Å². The highest BCUT2D eigenvalue weighted by atomic mass is 16.3. The van der Waals surface area contributed by atoms with Gasteiger partial charge in [0.15, 0.2) is 0 Å². The first-order valence-corrected chi connectivity index (χ1v) is 6.52. The quantitative estimate of drug-likeness (QED) is 0.629. The van der Waals surface area contributed by atoms with Crippen LogP contribution < -0.4 is 11.1 Å². The Hall–Kier alpha value is -3.01. The van der Waals surface area contributed by atoms with Gasteiger partial charge in [-0.15, -0.1) is 0 Å². The largest absolute Gasteiger partial charge is 0.508 e. The Kier molecular flexibility index (Phi) is 3.20. The number of fused-ring (bicyclic) bond motifs is 1. The van der Waals surface area contributed by atoms with Gasteiger partial charge in [-0.25, -0.2) is 0 Å². The predicted octanol–water partition coefficient (Wildman–Crippen LogP) is 3.38. The molecule has 0 saturated carbocycles. The lowest BCUT2D eigenvalue weighted by Gasteiger charge is -2.09. The number of carbonyl (C=O) groups is 1. The first-order chi connectivity index (χ1) is 10.1. The Morgan fingerprint density at radius 3 is 2.62 bits per heavy atom. The summed E-state index contributed by atoms with van der Waals surface area (Å²) >= 11 is 0. The van der Waals surface area contributed by atoms with Crippen LogP contribution in [0.15, 0.2) is 60.7 Å². The molecule has 0 aliphatic heterocycles. The van der Waals surface area contributed by atoms with E-state index < -0.39 is 0 Å². The average Bonchev–Trinajstić information content (AvgIpc) is 2.46. The third-order valence-electron chi connectivity index (χ3n) is 3.24. The van der Waals surface area contributed by atoms with Crippen molar-refractivity contribution in [3.8, 4) is 5.75 Å². The van der Waals surface area contributed by atoms with Crippen molar-refractivity contribution in [3.05, 3.63) is 66.2 Å². The van der Waals surface area contributed by atoms with Crippen LogP contribution in [0.5, 0.6) is 5.75 Å². The molecule has 0 fully saturated rings. The zero-order valence-corrected chi connectivity index (χ0v) is 11.2. The second kappa shape index (κ2) is 5.17. The third kappa shape index (κ3) is 2.65. The van der Waals surface area contributed by atoms with Crippen molar-refractivity contribution in [1.82, 2.24) is 0 Å². The number of carbonyl (C=O) groups excluding carboxylic acids is 1. The summed E-state index contributed by atoms with van der Waals surface area (Å²) in [6, 6.07) is 17.5. The van der Waals surface area contributed by atoms with Crippen molar-refractivity contribution in [2.45, 2.75) is 0 Å². The van der Waals surface area contributed by atoms with Crippen LogP contribution in [-0.4, -0.2) is 11.0 Å². The Morgan fingerprint density at radius 2 is 1.81 bits per heavy atom. The smallest absolute Gasteiger partial charge is 0.256 e. The summed E-state index contributed by atoms with van der Waals surface area (Å²) in [6.07, 6.45) is 0. The van der Waals surface area contributed by atoms with Gasteiger partial charge in [-0.3, -0.25) is 4.79 Å². The van der Waals surface area contributed by atoms with Crippen LogP contribution in [0.25, 0.3) is 10.8 Å². The van der Waals surface area contributed by atoms with Gasteiger partial charge in [0.1, 0.15) is 5.75 Å². The molecule has 0 saturated heterocycles. The number of nitrogens with one attached hydrogen (secondary N) is 1. The summed E-state index contributed by atoms with van der Waals surface area (Å²) < 4.78 is 0. The van der Waals surface area contributed by atoms with E-state index in [1.165, 1.54) is 6.07 Å². The molecule has 0 atom stereocenters. The number of anilines is 2. The molecule has 0 unspecified atom stereocenters. The standard InChI is InChI=1S/C17H14N2O2/c18-12-5-3-6-13(9-12)19-17(21)16-10-14(20)8-11-4-1-2-7-15(11)16/h1-10,20H,18H2,(H,19,21). The maximum atomic E-state index is 12.4. The second-order valence-electron chi connectivity index (χ2n) is 4.79. The zero-order chi connectivity index (χ0) is 14.8. The molecule has 0 aliphatic rings.